The Labute approximate surface area is 200 Å². The molecule has 0 radical (unpaired) electrons. The van der Waals surface area contributed by atoms with Gasteiger partial charge in [-0.25, -0.2) is 4.79 Å². The van der Waals surface area contributed by atoms with Crippen molar-refractivity contribution in [2.45, 2.75) is 90.4 Å². The lowest BCUT2D eigenvalue weighted by molar-refractivity contribution is -0.153. The fraction of sp³-hybridized carbons (Fsp3) is 0.680. The van der Waals surface area contributed by atoms with Gasteiger partial charge in [-0.05, 0) is 50.9 Å². The maximum atomic E-state index is 12.7. The quantitative estimate of drug-likeness (QED) is 0.451. The number of esters is 1. The van der Waals surface area contributed by atoms with Crippen LogP contribution in [-0.2, 0) is 25.3 Å². The number of carbonyl (C=O) groups is 2. The van der Waals surface area contributed by atoms with E-state index < -0.39 is 13.9 Å². The zero-order valence-corrected chi connectivity index (χ0v) is 22.6. The summed E-state index contributed by atoms with van der Waals surface area (Å²) in [7, 11) is -2.03. The second kappa shape index (κ2) is 11.0. The Bertz CT molecular complexity index is 786. The highest BCUT2D eigenvalue weighted by molar-refractivity contribution is 6.74. The summed E-state index contributed by atoms with van der Waals surface area (Å²) in [5.74, 6) is -0.322. The number of hydrogen-bond acceptors (Lipinski definition) is 6. The predicted molar refractivity (Wildman–Crippen MR) is 133 cm³/mol. The van der Waals surface area contributed by atoms with Crippen molar-refractivity contribution in [3.8, 4) is 0 Å². The molecule has 1 amide bonds. The SMILES string of the molecule is CC(C)(C)OC(=O)CN[C@@H]1CN(C(=O)OCc2ccccc2)CC[C@H]1O[Si](C)(C)C(C)(C)C. The van der Waals surface area contributed by atoms with Crippen molar-refractivity contribution in [3.05, 3.63) is 35.9 Å². The lowest BCUT2D eigenvalue weighted by atomic mass is 10.0. The molecule has 1 aromatic carbocycles. The first-order valence-electron chi connectivity index (χ1n) is 11.8. The Hall–Kier alpha value is -1.90. The van der Waals surface area contributed by atoms with Crippen LogP contribution in [0.3, 0.4) is 0 Å². The van der Waals surface area contributed by atoms with E-state index in [1.807, 2.05) is 51.1 Å². The molecule has 33 heavy (non-hydrogen) atoms. The number of nitrogens with one attached hydrogen (secondary N) is 1. The lowest BCUT2D eigenvalue weighted by Gasteiger charge is -2.45. The van der Waals surface area contributed by atoms with E-state index in [0.29, 0.717) is 19.5 Å². The minimum Gasteiger partial charge on any atom is -0.459 e. The number of piperidine rings is 1. The van der Waals surface area contributed by atoms with Crippen LogP contribution < -0.4 is 5.32 Å². The van der Waals surface area contributed by atoms with Crippen molar-refractivity contribution in [1.82, 2.24) is 10.2 Å². The fourth-order valence-electron chi connectivity index (χ4n) is 3.39. The van der Waals surface area contributed by atoms with Crippen LogP contribution in [0.1, 0.15) is 53.5 Å². The molecule has 1 heterocycles. The van der Waals surface area contributed by atoms with Gasteiger partial charge in [0, 0.05) is 13.1 Å². The smallest absolute Gasteiger partial charge is 0.410 e. The number of carbonyl (C=O) groups excluding carboxylic acids is 2. The number of nitrogens with zero attached hydrogens (tertiary/aromatic N) is 1. The van der Waals surface area contributed by atoms with Gasteiger partial charge in [0.15, 0.2) is 8.32 Å². The minimum absolute atomic E-state index is 0.0617. The van der Waals surface area contributed by atoms with Crippen LogP contribution in [0.15, 0.2) is 30.3 Å². The Morgan fingerprint density at radius 1 is 1.09 bits per heavy atom. The van der Waals surface area contributed by atoms with Gasteiger partial charge in [-0.1, -0.05) is 51.1 Å². The summed E-state index contributed by atoms with van der Waals surface area (Å²) < 4.78 is 17.7. The Morgan fingerprint density at radius 3 is 2.30 bits per heavy atom. The topological polar surface area (TPSA) is 77.1 Å². The number of ether oxygens (including phenoxy) is 2. The Morgan fingerprint density at radius 2 is 1.73 bits per heavy atom. The molecule has 1 aliphatic rings. The molecular weight excluding hydrogens is 436 g/mol. The van der Waals surface area contributed by atoms with E-state index in [1.54, 1.807) is 4.90 Å². The highest BCUT2D eigenvalue weighted by Crippen LogP contribution is 2.38. The summed E-state index contributed by atoms with van der Waals surface area (Å²) >= 11 is 0. The van der Waals surface area contributed by atoms with E-state index in [4.69, 9.17) is 13.9 Å². The highest BCUT2D eigenvalue weighted by atomic mass is 28.4. The van der Waals surface area contributed by atoms with Crippen LogP contribution >= 0.6 is 0 Å². The molecule has 0 aliphatic carbocycles. The van der Waals surface area contributed by atoms with Crippen molar-refractivity contribution >= 4 is 20.4 Å². The molecule has 186 valence electrons. The van der Waals surface area contributed by atoms with Crippen LogP contribution in [0, 0.1) is 0 Å². The molecule has 0 unspecified atom stereocenters. The molecule has 2 rings (SSSR count). The molecule has 7 nitrogen and oxygen atoms in total. The molecule has 2 atom stereocenters. The first-order valence-corrected chi connectivity index (χ1v) is 14.7. The van der Waals surface area contributed by atoms with Gasteiger partial charge in [0.2, 0.25) is 0 Å². The van der Waals surface area contributed by atoms with Crippen LogP contribution in [0.25, 0.3) is 0 Å². The van der Waals surface area contributed by atoms with E-state index in [2.05, 4.69) is 39.2 Å². The average molecular weight is 479 g/mol. The van der Waals surface area contributed by atoms with Crippen LogP contribution in [0.5, 0.6) is 0 Å². The molecule has 1 N–H and O–H groups in total. The van der Waals surface area contributed by atoms with Gasteiger partial charge < -0.3 is 24.1 Å². The first kappa shape index (κ1) is 27.3. The molecule has 1 aromatic rings. The number of amides is 1. The van der Waals surface area contributed by atoms with E-state index in [1.165, 1.54) is 0 Å². The van der Waals surface area contributed by atoms with Crippen molar-refractivity contribution in [1.29, 1.82) is 0 Å². The van der Waals surface area contributed by atoms with E-state index in [-0.39, 0.29) is 42.4 Å². The van der Waals surface area contributed by atoms with Crippen molar-refractivity contribution in [3.63, 3.8) is 0 Å². The molecule has 0 bridgehead atoms. The fourth-order valence-corrected chi connectivity index (χ4v) is 4.78. The normalized spacial score (nSPS) is 19.8. The zero-order chi connectivity index (χ0) is 24.9. The summed E-state index contributed by atoms with van der Waals surface area (Å²) in [4.78, 5) is 26.7. The van der Waals surface area contributed by atoms with Gasteiger partial charge in [0.25, 0.3) is 0 Å². The molecule has 1 fully saturated rings. The van der Waals surface area contributed by atoms with Gasteiger partial charge in [-0.2, -0.15) is 0 Å². The number of benzene rings is 1. The maximum Gasteiger partial charge on any atom is 0.410 e. The number of likely N-dealkylation sites (tertiary alicyclic amines) is 1. The van der Waals surface area contributed by atoms with Crippen LogP contribution in [-0.4, -0.2) is 62.7 Å². The van der Waals surface area contributed by atoms with Gasteiger partial charge in [0.1, 0.15) is 12.2 Å². The molecule has 0 spiro atoms. The van der Waals surface area contributed by atoms with Gasteiger partial charge in [0.05, 0.1) is 18.7 Å². The number of rotatable bonds is 7. The van der Waals surface area contributed by atoms with Crippen LogP contribution in [0.2, 0.25) is 18.1 Å². The summed E-state index contributed by atoms with van der Waals surface area (Å²) in [5, 5.41) is 3.36. The van der Waals surface area contributed by atoms with Crippen LogP contribution in [0.4, 0.5) is 4.79 Å². The van der Waals surface area contributed by atoms with Gasteiger partial charge >= 0.3 is 12.1 Å². The van der Waals surface area contributed by atoms with Crippen molar-refractivity contribution in [2.75, 3.05) is 19.6 Å². The Kier molecular flexibility index (Phi) is 9.13. The molecule has 0 saturated carbocycles. The van der Waals surface area contributed by atoms with E-state index in [9.17, 15) is 9.59 Å². The third kappa shape index (κ3) is 8.75. The average Bonchev–Trinajstić information content (AvgIpc) is 2.69. The molecule has 1 saturated heterocycles. The third-order valence-electron chi connectivity index (χ3n) is 6.19. The van der Waals surface area contributed by atoms with Crippen molar-refractivity contribution in [2.24, 2.45) is 0 Å². The molecular formula is C25H42N2O5Si. The summed E-state index contributed by atoms with van der Waals surface area (Å²) in [6.45, 7) is 17.9. The summed E-state index contributed by atoms with van der Waals surface area (Å²) in [6, 6.07) is 9.44. The predicted octanol–water partition coefficient (Wildman–Crippen LogP) is 4.72. The Balaban J connectivity index is 2.05. The zero-order valence-electron chi connectivity index (χ0n) is 21.6. The second-order valence-electron chi connectivity index (χ2n) is 11.3. The highest BCUT2D eigenvalue weighted by Gasteiger charge is 2.43. The van der Waals surface area contributed by atoms with Gasteiger partial charge in [-0.15, -0.1) is 0 Å². The summed E-state index contributed by atoms with van der Waals surface area (Å²) in [6.07, 6.45) is 0.235. The molecule has 1 aliphatic heterocycles. The lowest BCUT2D eigenvalue weighted by Crippen LogP contribution is -2.59. The van der Waals surface area contributed by atoms with E-state index >= 15 is 0 Å². The second-order valence-corrected chi connectivity index (χ2v) is 16.0. The van der Waals surface area contributed by atoms with E-state index in [0.717, 1.165) is 5.56 Å². The largest absolute Gasteiger partial charge is 0.459 e. The standard InChI is InChI=1S/C25H42N2O5Si/c1-24(2,3)31-22(28)16-26-20-17-27(23(29)30-18-19-12-10-9-11-13-19)15-14-21(20)32-33(7,8)25(4,5)6/h9-13,20-21,26H,14-18H2,1-8H3/t20-,21-/m1/s1. The third-order valence-corrected chi connectivity index (χ3v) is 10.7. The first-order chi connectivity index (χ1) is 15.2. The molecule has 8 heteroatoms. The van der Waals surface area contributed by atoms with Gasteiger partial charge in [-0.3, -0.25) is 4.79 Å². The number of hydrogen-bond donors (Lipinski definition) is 1. The summed E-state index contributed by atoms with van der Waals surface area (Å²) in [5.41, 5.74) is 0.400. The maximum absolute atomic E-state index is 12.7. The molecule has 0 aromatic heterocycles. The minimum atomic E-state index is -2.03. The monoisotopic (exact) mass is 478 g/mol. The van der Waals surface area contributed by atoms with Crippen molar-refractivity contribution < 1.29 is 23.5 Å².